The molecule has 92 valence electrons. The molecule has 4 atom stereocenters. The predicted octanol–water partition coefficient (Wildman–Crippen LogP) is 0.470. The van der Waals surface area contributed by atoms with Crippen LogP contribution >= 0.6 is 11.6 Å². The minimum absolute atomic E-state index is 0.0565. The van der Waals surface area contributed by atoms with E-state index >= 15 is 0 Å². The molecule has 0 heterocycles. The van der Waals surface area contributed by atoms with E-state index in [1.807, 2.05) is 12.2 Å². The lowest BCUT2D eigenvalue weighted by Crippen LogP contribution is -2.41. The second kappa shape index (κ2) is 4.53. The number of carboxylic acids is 1. The van der Waals surface area contributed by atoms with Crippen LogP contribution in [0.3, 0.4) is 0 Å². The first-order chi connectivity index (χ1) is 8.00. The molecule has 2 aliphatic rings. The summed E-state index contributed by atoms with van der Waals surface area (Å²) in [4.78, 5) is 22.9. The van der Waals surface area contributed by atoms with Crippen molar-refractivity contribution in [1.82, 2.24) is 0 Å². The van der Waals surface area contributed by atoms with Gasteiger partial charge in [0.1, 0.15) is 6.61 Å². The third-order valence-electron chi connectivity index (χ3n) is 3.37. The summed E-state index contributed by atoms with van der Waals surface area (Å²) in [5.74, 6) is -3.31. The quantitative estimate of drug-likeness (QED) is 0.541. The number of carbonyl (C=O) groups excluding carboxylic acids is 2. The van der Waals surface area contributed by atoms with Gasteiger partial charge >= 0.3 is 5.97 Å². The molecule has 0 unspecified atom stereocenters. The normalized spacial score (nSPS) is 33.7. The van der Waals surface area contributed by atoms with Crippen molar-refractivity contribution in [2.24, 2.45) is 23.7 Å². The summed E-state index contributed by atoms with van der Waals surface area (Å²) in [6.45, 7) is 3.32. The maximum atomic E-state index is 11.8. The summed E-state index contributed by atoms with van der Waals surface area (Å²) in [5.41, 5.74) is 0. The molecule has 0 aromatic heterocycles. The molecule has 2 bridgehead atoms. The van der Waals surface area contributed by atoms with Gasteiger partial charge in [0.15, 0.2) is 0 Å². The molecule has 0 spiro atoms. The number of aliphatic carboxylic acids is 1. The summed E-state index contributed by atoms with van der Waals surface area (Å²) < 4.78 is 4.92. The number of carbonyl (C=O) groups is 2. The molecule has 0 saturated heterocycles. The topological polar surface area (TPSA) is 66.4 Å². The van der Waals surface area contributed by atoms with E-state index in [2.05, 4.69) is 6.58 Å². The maximum absolute atomic E-state index is 11.8. The molecule has 0 aliphatic heterocycles. The lowest BCUT2D eigenvalue weighted by molar-refractivity contribution is -0.314. The Labute approximate surface area is 104 Å². The molecule has 17 heavy (non-hydrogen) atoms. The highest BCUT2D eigenvalue weighted by molar-refractivity contribution is 6.29. The van der Waals surface area contributed by atoms with Crippen molar-refractivity contribution in [3.05, 3.63) is 23.8 Å². The third kappa shape index (κ3) is 2.22. The number of hydrogen-bond donors (Lipinski definition) is 0. The highest BCUT2D eigenvalue weighted by atomic mass is 35.5. The summed E-state index contributed by atoms with van der Waals surface area (Å²) >= 11 is 5.49. The number of esters is 1. The van der Waals surface area contributed by atoms with Crippen molar-refractivity contribution in [3.63, 3.8) is 0 Å². The molecule has 0 aromatic rings. The standard InChI is InChI=1S/C12H13ClO4/c1-6(13)5-17-12(16)10-8-3-2-7(4-8)9(10)11(14)15/h2-3,7-10H,1,4-5H2,(H,14,15)/p-1/t7-,8-,9-,10+/m0/s1. The van der Waals surface area contributed by atoms with Crippen LogP contribution < -0.4 is 5.11 Å². The van der Waals surface area contributed by atoms with Crippen LogP contribution in [0.15, 0.2) is 23.8 Å². The van der Waals surface area contributed by atoms with E-state index in [9.17, 15) is 14.7 Å². The van der Waals surface area contributed by atoms with Crippen LogP contribution in [0.25, 0.3) is 0 Å². The van der Waals surface area contributed by atoms with Gasteiger partial charge in [0.05, 0.1) is 5.92 Å². The van der Waals surface area contributed by atoms with Gasteiger partial charge in [-0.1, -0.05) is 30.3 Å². The average molecular weight is 256 g/mol. The van der Waals surface area contributed by atoms with Crippen LogP contribution in [0.1, 0.15) is 6.42 Å². The molecular weight excluding hydrogens is 244 g/mol. The molecule has 0 amide bonds. The summed E-state index contributed by atoms with van der Waals surface area (Å²) in [5, 5.41) is 11.3. The van der Waals surface area contributed by atoms with Gasteiger partial charge in [-0.2, -0.15) is 0 Å². The van der Waals surface area contributed by atoms with Crippen LogP contribution in [0, 0.1) is 23.7 Å². The first-order valence-corrected chi connectivity index (χ1v) is 5.77. The van der Waals surface area contributed by atoms with E-state index in [1.165, 1.54) is 0 Å². The fourth-order valence-corrected chi connectivity index (χ4v) is 2.77. The van der Waals surface area contributed by atoms with E-state index in [0.29, 0.717) is 6.42 Å². The Bertz CT molecular complexity index is 401. The molecule has 4 nitrogen and oxygen atoms in total. The highest BCUT2D eigenvalue weighted by Crippen LogP contribution is 2.48. The zero-order valence-electron chi connectivity index (χ0n) is 9.10. The first-order valence-electron chi connectivity index (χ1n) is 5.40. The number of rotatable bonds is 4. The number of ether oxygens (including phenoxy) is 1. The van der Waals surface area contributed by atoms with Gasteiger partial charge in [0.25, 0.3) is 0 Å². The largest absolute Gasteiger partial charge is 0.550 e. The lowest BCUT2D eigenvalue weighted by atomic mass is 9.83. The van der Waals surface area contributed by atoms with Crippen LogP contribution in [-0.4, -0.2) is 18.5 Å². The van der Waals surface area contributed by atoms with Crippen molar-refractivity contribution in [2.45, 2.75) is 6.42 Å². The van der Waals surface area contributed by atoms with Gasteiger partial charge in [0, 0.05) is 16.9 Å². The van der Waals surface area contributed by atoms with E-state index in [4.69, 9.17) is 16.3 Å². The van der Waals surface area contributed by atoms with Gasteiger partial charge in [-0.3, -0.25) is 4.79 Å². The minimum Gasteiger partial charge on any atom is -0.550 e. The van der Waals surface area contributed by atoms with Gasteiger partial charge in [-0.15, -0.1) is 0 Å². The van der Waals surface area contributed by atoms with Crippen molar-refractivity contribution < 1.29 is 19.4 Å². The SMILES string of the molecule is C=C(Cl)COC(=O)[C@H]1[C@@H](C(=O)[O-])[C@H]2C=C[C@H]1C2. The van der Waals surface area contributed by atoms with Crippen molar-refractivity contribution in [3.8, 4) is 0 Å². The molecule has 0 aromatic carbocycles. The Balaban J connectivity index is 2.08. The van der Waals surface area contributed by atoms with Crippen molar-refractivity contribution >= 4 is 23.5 Å². The van der Waals surface area contributed by atoms with Crippen LogP contribution in [0.5, 0.6) is 0 Å². The monoisotopic (exact) mass is 255 g/mol. The fraction of sp³-hybridized carbons (Fsp3) is 0.500. The van der Waals surface area contributed by atoms with Crippen molar-refractivity contribution in [2.75, 3.05) is 6.61 Å². The zero-order valence-corrected chi connectivity index (χ0v) is 9.85. The average Bonchev–Trinajstić information content (AvgIpc) is 2.84. The number of halogens is 1. The first kappa shape index (κ1) is 12.2. The molecular formula is C12H12ClO4-. The molecule has 1 saturated carbocycles. The van der Waals surface area contributed by atoms with Gasteiger partial charge < -0.3 is 14.6 Å². The van der Waals surface area contributed by atoms with Crippen LogP contribution in [0.4, 0.5) is 0 Å². The van der Waals surface area contributed by atoms with E-state index in [1.54, 1.807) is 0 Å². The second-order valence-electron chi connectivity index (χ2n) is 4.44. The third-order valence-corrected chi connectivity index (χ3v) is 3.48. The van der Waals surface area contributed by atoms with E-state index < -0.39 is 23.8 Å². The summed E-state index contributed by atoms with van der Waals surface area (Å²) in [7, 11) is 0. The Hall–Kier alpha value is -1.29. The fourth-order valence-electron chi connectivity index (χ4n) is 2.71. The molecule has 2 aliphatic carbocycles. The Morgan fingerprint density at radius 1 is 1.35 bits per heavy atom. The van der Waals surface area contributed by atoms with Crippen molar-refractivity contribution in [1.29, 1.82) is 0 Å². The van der Waals surface area contributed by atoms with E-state index in [0.717, 1.165) is 0 Å². The minimum atomic E-state index is -1.19. The second-order valence-corrected chi connectivity index (χ2v) is 4.98. The molecule has 5 heteroatoms. The van der Waals surface area contributed by atoms with Gasteiger partial charge in [-0.05, 0) is 18.3 Å². The maximum Gasteiger partial charge on any atom is 0.310 e. The highest BCUT2D eigenvalue weighted by Gasteiger charge is 2.49. The Morgan fingerprint density at radius 2 is 1.94 bits per heavy atom. The summed E-state index contributed by atoms with van der Waals surface area (Å²) in [6.07, 6.45) is 4.40. The summed E-state index contributed by atoms with van der Waals surface area (Å²) in [6, 6.07) is 0. The lowest BCUT2D eigenvalue weighted by Gasteiger charge is -2.26. The van der Waals surface area contributed by atoms with Crippen LogP contribution in [0.2, 0.25) is 0 Å². The number of allylic oxidation sites excluding steroid dienone is 2. The van der Waals surface area contributed by atoms with Gasteiger partial charge in [0.2, 0.25) is 0 Å². The zero-order chi connectivity index (χ0) is 12.6. The molecule has 0 radical (unpaired) electrons. The smallest absolute Gasteiger partial charge is 0.310 e. The predicted molar refractivity (Wildman–Crippen MR) is 58.7 cm³/mol. The Kier molecular flexibility index (Phi) is 3.24. The molecule has 1 fully saturated rings. The van der Waals surface area contributed by atoms with Gasteiger partial charge in [-0.25, -0.2) is 0 Å². The molecule has 2 rings (SSSR count). The number of fused-ring (bicyclic) bond motifs is 2. The van der Waals surface area contributed by atoms with Crippen LogP contribution in [-0.2, 0) is 14.3 Å². The Morgan fingerprint density at radius 3 is 2.47 bits per heavy atom. The number of hydrogen-bond acceptors (Lipinski definition) is 4. The van der Waals surface area contributed by atoms with E-state index in [-0.39, 0.29) is 23.5 Å². The molecule has 0 N–H and O–H groups in total. The number of carboxylic acid groups (broad SMARTS) is 1.